The summed E-state index contributed by atoms with van der Waals surface area (Å²) in [5.74, 6) is 3.01. The molecule has 2 heterocycles. The van der Waals surface area contributed by atoms with Crippen molar-refractivity contribution in [2.75, 3.05) is 19.0 Å². The van der Waals surface area contributed by atoms with Crippen LogP contribution in [-0.4, -0.2) is 46.3 Å². The van der Waals surface area contributed by atoms with Gasteiger partial charge in [-0.1, -0.05) is 12.1 Å². The first-order chi connectivity index (χ1) is 16.9. The number of aryl methyl sites for hydroxylation is 1. The fourth-order valence-electron chi connectivity index (χ4n) is 6.97. The molecule has 0 saturated heterocycles. The molecule has 0 aliphatic heterocycles. The number of ether oxygens (including phenoxy) is 1. The van der Waals surface area contributed by atoms with E-state index in [9.17, 15) is 9.90 Å². The van der Waals surface area contributed by atoms with Gasteiger partial charge in [-0.15, -0.1) is 11.3 Å². The first-order valence-corrected chi connectivity index (χ1v) is 13.4. The molecule has 3 aromatic rings. The van der Waals surface area contributed by atoms with Crippen LogP contribution in [0.1, 0.15) is 52.9 Å². The number of aromatic nitrogens is 2. The Hall–Kier alpha value is -2.71. The number of thiophene rings is 1. The van der Waals surface area contributed by atoms with Gasteiger partial charge in [0.25, 0.3) is 5.91 Å². The number of rotatable bonds is 7. The van der Waals surface area contributed by atoms with Crippen molar-refractivity contribution in [2.24, 2.45) is 17.8 Å². The van der Waals surface area contributed by atoms with Gasteiger partial charge in [-0.3, -0.25) is 4.79 Å². The van der Waals surface area contributed by atoms with Crippen LogP contribution in [0.4, 0.5) is 5.82 Å². The zero-order chi connectivity index (χ0) is 24.2. The molecule has 2 atom stereocenters. The second-order valence-corrected chi connectivity index (χ2v) is 11.7. The minimum Gasteiger partial charge on any atom is -0.497 e. The van der Waals surface area contributed by atoms with E-state index in [1.165, 1.54) is 16.9 Å². The van der Waals surface area contributed by atoms with Gasteiger partial charge in [-0.25, -0.2) is 9.97 Å². The number of anilines is 1. The Bertz CT molecular complexity index is 1240. The van der Waals surface area contributed by atoms with Crippen molar-refractivity contribution in [3.05, 3.63) is 46.6 Å². The van der Waals surface area contributed by atoms with Gasteiger partial charge < -0.3 is 20.5 Å². The molecule has 0 radical (unpaired) electrons. The Kier molecular flexibility index (Phi) is 5.68. The third-order valence-electron chi connectivity index (χ3n) is 8.34. The highest BCUT2D eigenvalue weighted by Crippen LogP contribution is 2.55. The summed E-state index contributed by atoms with van der Waals surface area (Å²) in [4.78, 5) is 23.9. The number of nitrogens with zero attached hydrogens (tertiary/aromatic N) is 2. The Balaban J connectivity index is 1.17. The van der Waals surface area contributed by atoms with Gasteiger partial charge in [0.1, 0.15) is 22.7 Å². The minimum absolute atomic E-state index is 0.0147. The van der Waals surface area contributed by atoms with Gasteiger partial charge in [0.2, 0.25) is 0 Å². The molecule has 4 aliphatic carbocycles. The lowest BCUT2D eigenvalue weighted by atomic mass is 9.52. The topological polar surface area (TPSA) is 96.4 Å². The van der Waals surface area contributed by atoms with Crippen molar-refractivity contribution < 1.29 is 14.6 Å². The molecule has 184 valence electrons. The van der Waals surface area contributed by atoms with E-state index >= 15 is 0 Å². The molecule has 7 rings (SSSR count). The van der Waals surface area contributed by atoms with Crippen molar-refractivity contribution in [3.8, 4) is 5.75 Å². The summed E-state index contributed by atoms with van der Waals surface area (Å²) >= 11 is 1.44. The van der Waals surface area contributed by atoms with Gasteiger partial charge in [0, 0.05) is 12.6 Å². The SMILES string of the molecule is COc1ccc(CCNc2ncnc3sc(C(=O)NC4[C@H]5CC6C[C@H]4CC(O)(C6)C5)c(C)c23)cc1. The third kappa shape index (κ3) is 4.16. The molecule has 1 aromatic carbocycles. The maximum atomic E-state index is 13.4. The highest BCUT2D eigenvalue weighted by atomic mass is 32.1. The summed E-state index contributed by atoms with van der Waals surface area (Å²) in [7, 11) is 1.67. The monoisotopic (exact) mass is 492 g/mol. The highest BCUT2D eigenvalue weighted by Gasteiger charge is 2.55. The maximum Gasteiger partial charge on any atom is 0.261 e. The number of methoxy groups -OCH3 is 1. The predicted molar refractivity (Wildman–Crippen MR) is 137 cm³/mol. The molecule has 1 amide bonds. The smallest absolute Gasteiger partial charge is 0.261 e. The lowest BCUT2D eigenvalue weighted by Crippen LogP contribution is -2.61. The molecule has 35 heavy (non-hydrogen) atoms. The minimum atomic E-state index is -0.493. The quantitative estimate of drug-likeness (QED) is 0.454. The molecule has 8 heteroatoms. The van der Waals surface area contributed by atoms with E-state index in [2.05, 4.69) is 32.7 Å². The number of aliphatic hydroxyl groups is 1. The van der Waals surface area contributed by atoms with Crippen molar-refractivity contribution in [1.29, 1.82) is 0 Å². The van der Waals surface area contributed by atoms with Crippen LogP contribution in [0.25, 0.3) is 10.2 Å². The normalized spacial score (nSPS) is 28.9. The summed E-state index contributed by atoms with van der Waals surface area (Å²) in [5, 5.41) is 18.6. The molecule has 3 N–H and O–H groups in total. The van der Waals surface area contributed by atoms with Crippen molar-refractivity contribution in [3.63, 3.8) is 0 Å². The van der Waals surface area contributed by atoms with Crippen LogP contribution in [0, 0.1) is 24.7 Å². The van der Waals surface area contributed by atoms with Gasteiger partial charge in [0.05, 0.1) is 23.0 Å². The third-order valence-corrected chi connectivity index (χ3v) is 9.54. The number of carbonyl (C=O) groups excluding carboxylic acids is 1. The number of nitrogens with one attached hydrogen (secondary N) is 2. The van der Waals surface area contributed by atoms with Crippen LogP contribution < -0.4 is 15.4 Å². The zero-order valence-corrected chi connectivity index (χ0v) is 21.0. The zero-order valence-electron chi connectivity index (χ0n) is 20.2. The fourth-order valence-corrected chi connectivity index (χ4v) is 8.03. The first-order valence-electron chi connectivity index (χ1n) is 12.6. The molecule has 2 aromatic heterocycles. The summed E-state index contributed by atoms with van der Waals surface area (Å²) in [6, 6.07) is 8.23. The summed E-state index contributed by atoms with van der Waals surface area (Å²) in [6.45, 7) is 2.72. The van der Waals surface area contributed by atoms with E-state index in [0.29, 0.717) is 22.6 Å². The van der Waals surface area contributed by atoms with Crippen LogP contribution in [0.2, 0.25) is 0 Å². The van der Waals surface area contributed by atoms with Gasteiger partial charge >= 0.3 is 0 Å². The predicted octanol–water partition coefficient (Wildman–Crippen LogP) is 4.33. The summed E-state index contributed by atoms with van der Waals surface area (Å²) in [5.41, 5.74) is 1.65. The Labute approximate surface area is 209 Å². The number of carbonyl (C=O) groups is 1. The molecule has 0 spiro atoms. The fraction of sp³-hybridized carbons (Fsp3) is 0.519. The average Bonchev–Trinajstić information content (AvgIpc) is 3.18. The largest absolute Gasteiger partial charge is 0.497 e. The van der Waals surface area contributed by atoms with Crippen LogP contribution in [0.15, 0.2) is 30.6 Å². The van der Waals surface area contributed by atoms with Crippen LogP contribution in [0.5, 0.6) is 5.75 Å². The number of hydrogen-bond donors (Lipinski definition) is 3. The number of amides is 1. The molecule has 4 saturated carbocycles. The van der Waals surface area contributed by atoms with E-state index in [4.69, 9.17) is 4.74 Å². The van der Waals surface area contributed by atoms with E-state index in [-0.39, 0.29) is 11.9 Å². The molecular formula is C27H32N4O3S. The number of hydrogen-bond acceptors (Lipinski definition) is 7. The van der Waals surface area contributed by atoms with E-state index in [1.807, 2.05) is 19.1 Å². The van der Waals surface area contributed by atoms with Crippen LogP contribution in [0.3, 0.4) is 0 Å². The summed E-state index contributed by atoms with van der Waals surface area (Å²) < 4.78 is 5.23. The van der Waals surface area contributed by atoms with E-state index in [1.54, 1.807) is 13.4 Å². The van der Waals surface area contributed by atoms with Gasteiger partial charge in [-0.05, 0) is 86.5 Å². The molecular weight excluding hydrogens is 460 g/mol. The first kappa shape index (κ1) is 22.7. The lowest BCUT2D eigenvalue weighted by Gasteiger charge is -2.58. The number of fused-ring (bicyclic) bond motifs is 1. The second-order valence-electron chi connectivity index (χ2n) is 10.7. The lowest BCUT2D eigenvalue weighted by molar-refractivity contribution is -0.136. The number of benzene rings is 1. The van der Waals surface area contributed by atoms with Gasteiger partial charge in [-0.2, -0.15) is 0 Å². The Morgan fingerprint density at radius 1 is 1.17 bits per heavy atom. The molecule has 0 unspecified atom stereocenters. The van der Waals surface area contributed by atoms with Crippen molar-refractivity contribution in [2.45, 2.75) is 57.1 Å². The van der Waals surface area contributed by atoms with E-state index in [0.717, 1.165) is 72.4 Å². The van der Waals surface area contributed by atoms with Crippen molar-refractivity contribution in [1.82, 2.24) is 15.3 Å². The Morgan fingerprint density at radius 3 is 2.60 bits per heavy atom. The Morgan fingerprint density at radius 2 is 1.91 bits per heavy atom. The van der Waals surface area contributed by atoms with E-state index < -0.39 is 5.60 Å². The molecule has 4 aliphatic rings. The standard InChI is InChI=1S/C27H32N4O3S/c1-15-21-24(28-8-7-16-3-5-20(34-2)6-4-16)29-14-30-26(21)35-23(15)25(32)31-22-18-9-17-10-19(22)13-27(33,11-17)12-18/h3-6,14,17-19,22,33H,7-13H2,1-2H3,(H,31,32)(H,28,29,30)/t17?,18-,19-,22?,27?/m0/s1. The molecule has 4 fully saturated rings. The maximum absolute atomic E-state index is 13.4. The summed E-state index contributed by atoms with van der Waals surface area (Å²) in [6.07, 6.45) is 7.26. The van der Waals surface area contributed by atoms with Crippen LogP contribution >= 0.6 is 11.3 Å². The van der Waals surface area contributed by atoms with Crippen LogP contribution in [-0.2, 0) is 6.42 Å². The molecule has 4 bridgehead atoms. The second kappa shape index (κ2) is 8.75. The van der Waals surface area contributed by atoms with Crippen molar-refractivity contribution >= 4 is 33.3 Å². The average molecular weight is 493 g/mol. The molecule has 7 nitrogen and oxygen atoms in total. The van der Waals surface area contributed by atoms with Gasteiger partial charge in [0.15, 0.2) is 0 Å². The highest BCUT2D eigenvalue weighted by molar-refractivity contribution is 7.20.